The first kappa shape index (κ1) is 14.2. The minimum Gasteiger partial charge on any atom is -0.297 e. The van der Waals surface area contributed by atoms with E-state index >= 15 is 0 Å². The van der Waals surface area contributed by atoms with Crippen LogP contribution in [0, 0.1) is 17.2 Å². The third-order valence-electron chi connectivity index (χ3n) is 2.51. The fraction of sp³-hybridized carbons (Fsp3) is 0.643. The molecule has 1 aromatic rings. The van der Waals surface area contributed by atoms with Gasteiger partial charge in [0.25, 0.3) is 0 Å². The normalized spacial score (nSPS) is 13.7. The molecular weight excluding hydrogens is 228 g/mol. The summed E-state index contributed by atoms with van der Waals surface area (Å²) in [5, 5.41) is 12.5. The van der Waals surface area contributed by atoms with E-state index in [9.17, 15) is 5.26 Å². The Balaban J connectivity index is 2.77. The van der Waals surface area contributed by atoms with Crippen LogP contribution < -0.4 is 5.32 Å². The smallest absolute Gasteiger partial charge is 0.130 e. The maximum atomic E-state index is 9.20. The second-order valence-electron chi connectivity index (χ2n) is 5.82. The lowest BCUT2D eigenvalue weighted by Crippen LogP contribution is -2.23. The molecule has 1 N–H and O–H groups in total. The largest absolute Gasteiger partial charge is 0.297 e. The summed E-state index contributed by atoms with van der Waals surface area (Å²) in [7, 11) is 0. The molecule has 0 bridgehead atoms. The highest BCUT2D eigenvalue weighted by atomic mass is 32.1. The van der Waals surface area contributed by atoms with Gasteiger partial charge in [0.2, 0.25) is 0 Å². The number of rotatable bonds is 4. The van der Waals surface area contributed by atoms with Crippen LogP contribution in [0.15, 0.2) is 12.1 Å². The van der Waals surface area contributed by atoms with E-state index in [0.717, 1.165) is 11.4 Å². The Bertz CT molecular complexity index is 393. The van der Waals surface area contributed by atoms with Crippen molar-refractivity contribution in [1.29, 1.82) is 5.26 Å². The van der Waals surface area contributed by atoms with Crippen LogP contribution in [-0.4, -0.2) is 6.54 Å². The molecule has 1 rings (SSSR count). The molecule has 3 heteroatoms. The van der Waals surface area contributed by atoms with Crippen LogP contribution in [0.4, 0.5) is 0 Å². The number of nitriles is 1. The average molecular weight is 250 g/mol. The summed E-state index contributed by atoms with van der Waals surface area (Å²) in [6, 6.07) is 6.39. The van der Waals surface area contributed by atoms with Gasteiger partial charge in [-0.15, -0.1) is 11.3 Å². The van der Waals surface area contributed by atoms with Gasteiger partial charge in [0, 0.05) is 9.75 Å². The monoisotopic (exact) mass is 250 g/mol. The van der Waals surface area contributed by atoms with Crippen molar-refractivity contribution in [3.05, 3.63) is 21.9 Å². The van der Waals surface area contributed by atoms with E-state index in [1.807, 2.05) is 0 Å². The second kappa shape index (κ2) is 5.66. The van der Waals surface area contributed by atoms with Crippen LogP contribution in [-0.2, 0) is 5.41 Å². The van der Waals surface area contributed by atoms with Gasteiger partial charge in [0.15, 0.2) is 0 Å². The van der Waals surface area contributed by atoms with Crippen molar-refractivity contribution in [3.63, 3.8) is 0 Å². The van der Waals surface area contributed by atoms with Gasteiger partial charge in [-0.2, -0.15) is 5.26 Å². The fourth-order valence-corrected chi connectivity index (χ4v) is 2.56. The molecule has 1 unspecified atom stereocenters. The number of nitrogens with one attached hydrogen (secondary N) is 1. The first-order chi connectivity index (χ1) is 7.84. The summed E-state index contributed by atoms with van der Waals surface area (Å²) < 4.78 is 0. The van der Waals surface area contributed by atoms with Crippen molar-refractivity contribution in [2.45, 2.75) is 46.1 Å². The quantitative estimate of drug-likeness (QED) is 0.881. The van der Waals surface area contributed by atoms with Crippen LogP contribution in [0.25, 0.3) is 0 Å². The summed E-state index contributed by atoms with van der Waals surface area (Å²) in [6.07, 6.45) is 0. The first-order valence-electron chi connectivity index (χ1n) is 6.08. The first-order valence-corrected chi connectivity index (χ1v) is 6.89. The van der Waals surface area contributed by atoms with Crippen LogP contribution >= 0.6 is 11.3 Å². The SMILES string of the molecule is CC(C)CNC(C#N)c1ccc(C(C)(C)C)s1. The summed E-state index contributed by atoms with van der Waals surface area (Å²) in [4.78, 5) is 2.46. The Hall–Kier alpha value is -0.850. The highest BCUT2D eigenvalue weighted by molar-refractivity contribution is 7.12. The molecular formula is C14H22N2S. The van der Waals surface area contributed by atoms with Gasteiger partial charge in [-0.3, -0.25) is 5.32 Å². The molecule has 0 radical (unpaired) electrons. The second-order valence-corrected chi connectivity index (χ2v) is 6.93. The lowest BCUT2D eigenvalue weighted by atomic mass is 9.95. The van der Waals surface area contributed by atoms with Crippen LogP contribution in [0.5, 0.6) is 0 Å². The Morgan fingerprint density at radius 2 is 2.00 bits per heavy atom. The highest BCUT2D eigenvalue weighted by Gasteiger charge is 2.19. The van der Waals surface area contributed by atoms with Gasteiger partial charge in [-0.25, -0.2) is 0 Å². The van der Waals surface area contributed by atoms with E-state index in [-0.39, 0.29) is 11.5 Å². The third-order valence-corrected chi connectivity index (χ3v) is 4.09. The van der Waals surface area contributed by atoms with Gasteiger partial charge in [0.05, 0.1) is 6.07 Å². The van der Waals surface area contributed by atoms with Crippen molar-refractivity contribution in [3.8, 4) is 6.07 Å². The van der Waals surface area contributed by atoms with E-state index in [2.05, 4.69) is 58.1 Å². The topological polar surface area (TPSA) is 35.8 Å². The zero-order valence-corrected chi connectivity index (χ0v) is 12.2. The fourth-order valence-electron chi connectivity index (χ4n) is 1.47. The Labute approximate surface area is 109 Å². The molecule has 0 aromatic carbocycles. The molecule has 0 fully saturated rings. The minimum absolute atomic E-state index is 0.168. The molecule has 0 spiro atoms. The van der Waals surface area contributed by atoms with E-state index in [0.29, 0.717) is 5.92 Å². The number of nitrogens with zero attached hydrogens (tertiary/aromatic N) is 1. The zero-order valence-electron chi connectivity index (χ0n) is 11.4. The zero-order chi connectivity index (χ0) is 13.1. The lowest BCUT2D eigenvalue weighted by Gasteiger charge is -2.16. The summed E-state index contributed by atoms with van der Waals surface area (Å²) in [6.45, 7) is 11.8. The van der Waals surface area contributed by atoms with Crippen LogP contribution in [0.1, 0.15) is 50.4 Å². The predicted molar refractivity (Wildman–Crippen MR) is 74.2 cm³/mol. The Morgan fingerprint density at radius 3 is 2.41 bits per heavy atom. The van der Waals surface area contributed by atoms with Gasteiger partial charge >= 0.3 is 0 Å². The highest BCUT2D eigenvalue weighted by Crippen LogP contribution is 2.32. The molecule has 0 amide bonds. The summed E-state index contributed by atoms with van der Waals surface area (Å²) in [5.41, 5.74) is 0.168. The average Bonchev–Trinajstić information content (AvgIpc) is 2.67. The van der Waals surface area contributed by atoms with E-state index in [1.165, 1.54) is 4.88 Å². The molecule has 94 valence electrons. The van der Waals surface area contributed by atoms with Gasteiger partial charge in [-0.1, -0.05) is 34.6 Å². The maximum Gasteiger partial charge on any atom is 0.130 e. The molecule has 0 aliphatic carbocycles. The predicted octanol–water partition coefficient (Wildman–Crippen LogP) is 3.86. The van der Waals surface area contributed by atoms with Crippen molar-refractivity contribution < 1.29 is 0 Å². The molecule has 17 heavy (non-hydrogen) atoms. The molecule has 1 heterocycles. The van der Waals surface area contributed by atoms with Gasteiger partial charge in [0.1, 0.15) is 6.04 Å². The minimum atomic E-state index is -0.168. The van der Waals surface area contributed by atoms with E-state index in [1.54, 1.807) is 11.3 Å². The van der Waals surface area contributed by atoms with Crippen molar-refractivity contribution in [1.82, 2.24) is 5.32 Å². The van der Waals surface area contributed by atoms with Crippen LogP contribution in [0.3, 0.4) is 0 Å². The molecule has 2 nitrogen and oxygen atoms in total. The molecule has 1 aromatic heterocycles. The van der Waals surface area contributed by atoms with Crippen molar-refractivity contribution in [2.75, 3.05) is 6.54 Å². The van der Waals surface area contributed by atoms with Gasteiger partial charge in [-0.05, 0) is 30.0 Å². The van der Waals surface area contributed by atoms with E-state index in [4.69, 9.17) is 0 Å². The van der Waals surface area contributed by atoms with Crippen molar-refractivity contribution >= 4 is 11.3 Å². The van der Waals surface area contributed by atoms with Crippen LogP contribution in [0.2, 0.25) is 0 Å². The number of thiophene rings is 1. The number of hydrogen-bond acceptors (Lipinski definition) is 3. The molecule has 0 saturated heterocycles. The van der Waals surface area contributed by atoms with Crippen molar-refractivity contribution in [2.24, 2.45) is 5.92 Å². The standard InChI is InChI=1S/C14H22N2S/c1-10(2)9-16-11(8-15)12-6-7-13(17-12)14(3,4)5/h6-7,10-11,16H,9H2,1-5H3. The third kappa shape index (κ3) is 4.14. The Kier molecular flexibility index (Phi) is 4.73. The molecule has 1 atom stereocenters. The molecule has 0 saturated carbocycles. The summed E-state index contributed by atoms with van der Waals surface area (Å²) >= 11 is 1.74. The number of hydrogen-bond donors (Lipinski definition) is 1. The maximum absolute atomic E-state index is 9.20. The van der Waals surface area contributed by atoms with Gasteiger partial charge < -0.3 is 0 Å². The summed E-state index contributed by atoms with van der Waals surface area (Å²) in [5.74, 6) is 0.563. The molecule has 0 aliphatic rings. The van der Waals surface area contributed by atoms with E-state index < -0.39 is 0 Å². The Morgan fingerprint density at radius 1 is 1.35 bits per heavy atom. The molecule has 0 aliphatic heterocycles. The lowest BCUT2D eigenvalue weighted by molar-refractivity contribution is 0.528.